The number of carbonyl (C=O) groups is 1. The standard InChI is InChI=1S/C26H32N2O5S/c1-18-5-7-22(16-19(18)2)34(30,31)27-12-9-20(10-13-27)26(29)28-11-3-4-23(28)21-6-8-24-25(17-21)33-15-14-32-24/h5-8,16-17,20,23H,3-4,9-15H2,1-2H3/t23-/m0/s1. The van der Waals surface area contributed by atoms with Crippen LogP contribution in [0.3, 0.4) is 0 Å². The second kappa shape index (κ2) is 9.23. The van der Waals surface area contributed by atoms with Gasteiger partial charge in [0, 0.05) is 25.6 Å². The number of aryl methyl sites for hydroxylation is 2. The van der Waals surface area contributed by atoms with E-state index in [9.17, 15) is 13.2 Å². The van der Waals surface area contributed by atoms with Crippen molar-refractivity contribution in [3.63, 3.8) is 0 Å². The summed E-state index contributed by atoms with van der Waals surface area (Å²) < 4.78 is 39.2. The first-order chi connectivity index (χ1) is 16.3. The predicted octanol–water partition coefficient (Wildman–Crippen LogP) is 3.84. The molecule has 3 aliphatic heterocycles. The quantitative estimate of drug-likeness (QED) is 0.659. The number of ether oxygens (including phenoxy) is 2. The molecule has 0 unspecified atom stereocenters. The number of sulfonamides is 1. The molecule has 0 bridgehead atoms. The highest BCUT2D eigenvalue weighted by Gasteiger charge is 2.38. The molecule has 1 amide bonds. The van der Waals surface area contributed by atoms with E-state index in [4.69, 9.17) is 9.47 Å². The first-order valence-electron chi connectivity index (χ1n) is 12.1. The maximum atomic E-state index is 13.5. The van der Waals surface area contributed by atoms with Crippen molar-refractivity contribution in [2.24, 2.45) is 5.92 Å². The minimum absolute atomic E-state index is 0.0284. The minimum Gasteiger partial charge on any atom is -0.486 e. The van der Waals surface area contributed by atoms with Crippen LogP contribution in [0.15, 0.2) is 41.3 Å². The van der Waals surface area contributed by atoms with E-state index in [2.05, 4.69) is 0 Å². The summed E-state index contributed by atoms with van der Waals surface area (Å²) >= 11 is 0. The fourth-order valence-electron chi connectivity index (χ4n) is 5.25. The van der Waals surface area contributed by atoms with Gasteiger partial charge in [0.1, 0.15) is 13.2 Å². The molecule has 1 atom stereocenters. The van der Waals surface area contributed by atoms with Crippen molar-refractivity contribution >= 4 is 15.9 Å². The Hall–Kier alpha value is -2.58. The van der Waals surface area contributed by atoms with Crippen molar-refractivity contribution in [3.05, 3.63) is 53.1 Å². The number of hydrogen-bond acceptors (Lipinski definition) is 5. The Morgan fingerprint density at radius 3 is 2.35 bits per heavy atom. The van der Waals surface area contributed by atoms with E-state index in [0.29, 0.717) is 44.0 Å². The van der Waals surface area contributed by atoms with Crippen molar-refractivity contribution in [2.75, 3.05) is 32.8 Å². The number of benzene rings is 2. The Kier molecular flexibility index (Phi) is 6.29. The molecule has 7 nitrogen and oxygen atoms in total. The molecular formula is C26H32N2O5S. The van der Waals surface area contributed by atoms with E-state index < -0.39 is 10.0 Å². The van der Waals surface area contributed by atoms with E-state index in [1.807, 2.05) is 43.0 Å². The van der Waals surface area contributed by atoms with Crippen LogP contribution in [-0.2, 0) is 14.8 Å². The van der Waals surface area contributed by atoms with E-state index >= 15 is 0 Å². The summed E-state index contributed by atoms with van der Waals surface area (Å²) in [6.45, 7) is 6.46. The van der Waals surface area contributed by atoms with Gasteiger partial charge in [0.25, 0.3) is 0 Å². The SMILES string of the molecule is Cc1ccc(S(=O)(=O)N2CCC(C(=O)N3CCC[C@H]3c3ccc4c(c3)OCCO4)CC2)cc1C. The van der Waals surface area contributed by atoms with Gasteiger partial charge in [0.15, 0.2) is 11.5 Å². The van der Waals surface area contributed by atoms with Gasteiger partial charge in [-0.3, -0.25) is 4.79 Å². The van der Waals surface area contributed by atoms with Crippen LogP contribution < -0.4 is 9.47 Å². The third-order valence-corrected chi connectivity index (χ3v) is 9.30. The van der Waals surface area contributed by atoms with Crippen LogP contribution >= 0.6 is 0 Å². The molecule has 0 N–H and O–H groups in total. The molecule has 2 aromatic rings. The highest BCUT2D eigenvalue weighted by atomic mass is 32.2. The minimum atomic E-state index is -3.55. The highest BCUT2D eigenvalue weighted by molar-refractivity contribution is 7.89. The van der Waals surface area contributed by atoms with Gasteiger partial charge < -0.3 is 14.4 Å². The number of fused-ring (bicyclic) bond motifs is 1. The Bertz CT molecular complexity index is 1190. The van der Waals surface area contributed by atoms with E-state index in [1.165, 1.54) is 4.31 Å². The predicted molar refractivity (Wildman–Crippen MR) is 129 cm³/mol. The average molecular weight is 485 g/mol. The van der Waals surface area contributed by atoms with Crippen molar-refractivity contribution in [1.29, 1.82) is 0 Å². The molecular weight excluding hydrogens is 452 g/mol. The Morgan fingerprint density at radius 1 is 0.882 bits per heavy atom. The number of nitrogens with zero attached hydrogens (tertiary/aromatic N) is 2. The van der Waals surface area contributed by atoms with E-state index in [1.54, 1.807) is 12.1 Å². The van der Waals surface area contributed by atoms with Gasteiger partial charge >= 0.3 is 0 Å². The third-order valence-electron chi connectivity index (χ3n) is 7.41. The van der Waals surface area contributed by atoms with Crippen LogP contribution in [0, 0.1) is 19.8 Å². The zero-order chi connectivity index (χ0) is 23.9. The lowest BCUT2D eigenvalue weighted by Crippen LogP contribution is -2.44. The molecule has 2 saturated heterocycles. The van der Waals surface area contributed by atoms with Crippen LogP contribution in [0.1, 0.15) is 48.4 Å². The third kappa shape index (κ3) is 4.29. The fraction of sp³-hybridized carbons (Fsp3) is 0.500. The number of hydrogen-bond donors (Lipinski definition) is 0. The molecule has 0 saturated carbocycles. The van der Waals surface area contributed by atoms with E-state index in [0.717, 1.165) is 47.6 Å². The molecule has 3 heterocycles. The van der Waals surface area contributed by atoms with Gasteiger partial charge in [-0.1, -0.05) is 12.1 Å². The Labute approximate surface area is 201 Å². The van der Waals surface area contributed by atoms with Crippen LogP contribution in [-0.4, -0.2) is 56.4 Å². The molecule has 3 aliphatic rings. The van der Waals surface area contributed by atoms with Gasteiger partial charge in [-0.2, -0.15) is 4.31 Å². The molecule has 0 aromatic heterocycles. The van der Waals surface area contributed by atoms with E-state index in [-0.39, 0.29) is 17.9 Å². The summed E-state index contributed by atoms with van der Waals surface area (Å²) in [5.74, 6) is 1.49. The maximum absolute atomic E-state index is 13.5. The zero-order valence-electron chi connectivity index (χ0n) is 19.8. The first-order valence-corrected chi connectivity index (χ1v) is 13.6. The maximum Gasteiger partial charge on any atom is 0.243 e. The molecule has 2 fully saturated rings. The van der Waals surface area contributed by atoms with Gasteiger partial charge in [-0.15, -0.1) is 0 Å². The Morgan fingerprint density at radius 2 is 1.62 bits per heavy atom. The van der Waals surface area contributed by atoms with Crippen molar-refractivity contribution in [3.8, 4) is 11.5 Å². The largest absolute Gasteiger partial charge is 0.486 e. The first kappa shape index (κ1) is 23.2. The number of likely N-dealkylation sites (tertiary alicyclic amines) is 1. The van der Waals surface area contributed by atoms with Crippen LogP contribution in [0.4, 0.5) is 0 Å². The van der Waals surface area contributed by atoms with Crippen LogP contribution in [0.2, 0.25) is 0 Å². The Balaban J connectivity index is 1.26. The second-order valence-electron chi connectivity index (χ2n) is 9.52. The summed E-state index contributed by atoms with van der Waals surface area (Å²) in [6, 6.07) is 11.3. The summed E-state index contributed by atoms with van der Waals surface area (Å²) in [5.41, 5.74) is 3.11. The number of rotatable bonds is 4. The number of amides is 1. The molecule has 34 heavy (non-hydrogen) atoms. The summed E-state index contributed by atoms with van der Waals surface area (Å²) in [7, 11) is -3.55. The van der Waals surface area contributed by atoms with Gasteiger partial charge in [0.05, 0.1) is 10.9 Å². The number of carbonyl (C=O) groups excluding carboxylic acids is 1. The lowest BCUT2D eigenvalue weighted by atomic mass is 9.95. The zero-order valence-corrected chi connectivity index (χ0v) is 20.6. The average Bonchev–Trinajstić information content (AvgIpc) is 3.35. The smallest absolute Gasteiger partial charge is 0.243 e. The van der Waals surface area contributed by atoms with Gasteiger partial charge in [-0.05, 0) is 80.5 Å². The normalized spacial score (nSPS) is 21.6. The fourth-order valence-corrected chi connectivity index (χ4v) is 6.80. The molecule has 5 rings (SSSR count). The van der Waals surface area contributed by atoms with Crippen molar-refractivity contribution in [2.45, 2.75) is 50.5 Å². The topological polar surface area (TPSA) is 76.2 Å². The lowest BCUT2D eigenvalue weighted by molar-refractivity contribution is -0.137. The summed E-state index contributed by atoms with van der Waals surface area (Å²) in [5, 5.41) is 0. The molecule has 182 valence electrons. The molecule has 8 heteroatoms. The molecule has 0 aliphatic carbocycles. The van der Waals surface area contributed by atoms with Gasteiger partial charge in [0.2, 0.25) is 15.9 Å². The molecule has 0 spiro atoms. The van der Waals surface area contributed by atoms with Crippen LogP contribution in [0.25, 0.3) is 0 Å². The highest BCUT2D eigenvalue weighted by Crippen LogP contribution is 2.39. The number of piperidine rings is 1. The molecule has 0 radical (unpaired) electrons. The van der Waals surface area contributed by atoms with Gasteiger partial charge in [-0.25, -0.2) is 8.42 Å². The van der Waals surface area contributed by atoms with Crippen molar-refractivity contribution < 1.29 is 22.7 Å². The van der Waals surface area contributed by atoms with Crippen LogP contribution in [0.5, 0.6) is 11.5 Å². The summed E-state index contributed by atoms with van der Waals surface area (Å²) in [6.07, 6.45) is 2.98. The monoisotopic (exact) mass is 484 g/mol. The molecule has 2 aromatic carbocycles. The van der Waals surface area contributed by atoms with Crippen molar-refractivity contribution in [1.82, 2.24) is 9.21 Å². The lowest BCUT2D eigenvalue weighted by Gasteiger charge is -2.34. The summed E-state index contributed by atoms with van der Waals surface area (Å²) in [4.78, 5) is 15.8. The second-order valence-corrected chi connectivity index (χ2v) is 11.5.